The summed E-state index contributed by atoms with van der Waals surface area (Å²) in [5.41, 5.74) is 1.02. The molecule has 3 atom stereocenters. The Morgan fingerprint density at radius 2 is 2.26 bits per heavy atom. The van der Waals surface area contributed by atoms with E-state index in [-0.39, 0.29) is 11.9 Å². The largest absolute Gasteiger partial charge is 0.332 e. The Kier molecular flexibility index (Phi) is 4.97. The van der Waals surface area contributed by atoms with E-state index in [2.05, 4.69) is 19.9 Å². The second-order valence-electron chi connectivity index (χ2n) is 6.83. The number of carbonyl (C=O) groups excluding carboxylic acids is 1. The fraction of sp³-hybridized carbons (Fsp3) is 0.556. The van der Waals surface area contributed by atoms with E-state index in [1.165, 1.54) is 22.4 Å². The molecule has 1 amide bonds. The SMILES string of the molecule is C[C@H]1CCC[NH+](CC(=O)N(C)[C@@H](C)c2nc3ccccc3s2)C1. The van der Waals surface area contributed by atoms with E-state index in [4.69, 9.17) is 4.98 Å². The Morgan fingerprint density at radius 3 is 3.00 bits per heavy atom. The molecule has 4 nitrogen and oxygen atoms in total. The van der Waals surface area contributed by atoms with Crippen LogP contribution in [0.1, 0.15) is 37.7 Å². The first-order valence-corrected chi connectivity index (χ1v) is 9.31. The van der Waals surface area contributed by atoms with Crippen LogP contribution in [0, 0.1) is 5.92 Å². The van der Waals surface area contributed by atoms with Crippen LogP contribution in [0.3, 0.4) is 0 Å². The van der Waals surface area contributed by atoms with Crippen LogP contribution in [-0.4, -0.2) is 42.5 Å². The molecule has 1 aromatic carbocycles. The Balaban J connectivity index is 1.66. The highest BCUT2D eigenvalue weighted by Crippen LogP contribution is 2.28. The standard InChI is InChI=1S/C18H25N3OS/c1-13-7-6-10-21(11-13)12-17(22)20(3)14(2)18-19-15-8-4-5-9-16(15)23-18/h4-5,8-9,13-14H,6-7,10-12H2,1-3H3/p+1/t13-,14-/m0/s1. The summed E-state index contributed by atoms with van der Waals surface area (Å²) in [5.74, 6) is 0.958. The Morgan fingerprint density at radius 1 is 1.48 bits per heavy atom. The third-order valence-electron chi connectivity index (χ3n) is 4.91. The van der Waals surface area contributed by atoms with Gasteiger partial charge in [-0.1, -0.05) is 19.1 Å². The number of hydrogen-bond acceptors (Lipinski definition) is 3. The van der Waals surface area contributed by atoms with Gasteiger partial charge >= 0.3 is 0 Å². The van der Waals surface area contributed by atoms with Crippen LogP contribution in [-0.2, 0) is 4.79 Å². The van der Waals surface area contributed by atoms with E-state index in [0.717, 1.165) is 29.5 Å². The third-order valence-corrected chi connectivity index (χ3v) is 6.11. The summed E-state index contributed by atoms with van der Waals surface area (Å²) >= 11 is 1.69. The lowest BCUT2D eigenvalue weighted by Gasteiger charge is -2.30. The molecule has 1 fully saturated rings. The predicted octanol–water partition coefficient (Wildman–Crippen LogP) is 2.13. The average Bonchev–Trinajstić information content (AvgIpc) is 2.97. The molecule has 0 spiro atoms. The number of nitrogens with zero attached hydrogens (tertiary/aromatic N) is 2. The third kappa shape index (κ3) is 3.72. The molecule has 0 bridgehead atoms. The second-order valence-corrected chi connectivity index (χ2v) is 7.89. The van der Waals surface area contributed by atoms with Gasteiger partial charge in [0.2, 0.25) is 0 Å². The van der Waals surface area contributed by atoms with Crippen molar-refractivity contribution in [2.75, 3.05) is 26.7 Å². The van der Waals surface area contributed by atoms with Gasteiger partial charge in [-0.05, 0) is 31.9 Å². The van der Waals surface area contributed by atoms with E-state index in [1.54, 1.807) is 11.3 Å². The summed E-state index contributed by atoms with van der Waals surface area (Å²) < 4.78 is 1.19. The molecule has 1 N–H and O–H groups in total. The summed E-state index contributed by atoms with van der Waals surface area (Å²) in [6.45, 7) is 7.21. The molecule has 2 heterocycles. The summed E-state index contributed by atoms with van der Waals surface area (Å²) in [4.78, 5) is 20.6. The second kappa shape index (κ2) is 6.97. The van der Waals surface area contributed by atoms with Gasteiger partial charge in [-0.15, -0.1) is 11.3 Å². The number of fused-ring (bicyclic) bond motifs is 1. The van der Waals surface area contributed by atoms with Gasteiger partial charge < -0.3 is 9.80 Å². The maximum Gasteiger partial charge on any atom is 0.278 e. The van der Waals surface area contributed by atoms with Crippen LogP contribution in [0.2, 0.25) is 0 Å². The van der Waals surface area contributed by atoms with Crippen LogP contribution in [0.4, 0.5) is 0 Å². The van der Waals surface area contributed by atoms with Crippen molar-refractivity contribution >= 4 is 27.5 Å². The fourth-order valence-corrected chi connectivity index (χ4v) is 4.41. The van der Waals surface area contributed by atoms with E-state index in [9.17, 15) is 4.79 Å². The summed E-state index contributed by atoms with van der Waals surface area (Å²) in [6, 6.07) is 8.19. The number of nitrogens with one attached hydrogen (secondary N) is 1. The van der Waals surface area contributed by atoms with Gasteiger partial charge in [0.15, 0.2) is 6.54 Å². The van der Waals surface area contributed by atoms with E-state index in [0.29, 0.717) is 6.54 Å². The van der Waals surface area contributed by atoms with E-state index in [1.807, 2.05) is 30.1 Å². The minimum atomic E-state index is 0.0292. The van der Waals surface area contributed by atoms with Crippen molar-refractivity contribution in [3.63, 3.8) is 0 Å². The molecule has 2 aromatic rings. The molecule has 5 heteroatoms. The predicted molar refractivity (Wildman–Crippen MR) is 94.8 cm³/mol. The highest BCUT2D eigenvalue weighted by molar-refractivity contribution is 7.18. The number of rotatable bonds is 4. The van der Waals surface area contributed by atoms with Crippen molar-refractivity contribution in [3.8, 4) is 0 Å². The van der Waals surface area contributed by atoms with Gasteiger partial charge in [-0.2, -0.15) is 0 Å². The number of likely N-dealkylation sites (tertiary alicyclic amines) is 1. The summed E-state index contributed by atoms with van der Waals surface area (Å²) in [7, 11) is 1.91. The molecule has 124 valence electrons. The van der Waals surface area contributed by atoms with Gasteiger partial charge in [0, 0.05) is 13.0 Å². The first-order valence-electron chi connectivity index (χ1n) is 8.49. The van der Waals surface area contributed by atoms with Gasteiger partial charge in [0.25, 0.3) is 5.91 Å². The molecule has 0 saturated carbocycles. The molecule has 1 aliphatic rings. The number of thiazole rings is 1. The molecule has 1 aromatic heterocycles. The lowest BCUT2D eigenvalue weighted by Crippen LogP contribution is -3.14. The van der Waals surface area contributed by atoms with Crippen molar-refractivity contribution < 1.29 is 9.69 Å². The number of aromatic nitrogens is 1. The molecule has 23 heavy (non-hydrogen) atoms. The number of quaternary nitrogens is 1. The Labute approximate surface area is 142 Å². The topological polar surface area (TPSA) is 37.6 Å². The van der Waals surface area contributed by atoms with Crippen LogP contribution in [0.5, 0.6) is 0 Å². The zero-order chi connectivity index (χ0) is 16.4. The van der Waals surface area contributed by atoms with Crippen molar-refractivity contribution in [2.24, 2.45) is 5.92 Å². The Bertz CT molecular complexity index is 651. The molecule has 1 aliphatic heterocycles. The number of benzene rings is 1. The number of likely N-dealkylation sites (N-methyl/N-ethyl adjacent to an activating group) is 1. The van der Waals surface area contributed by atoms with Crippen molar-refractivity contribution in [1.82, 2.24) is 9.88 Å². The van der Waals surface area contributed by atoms with Crippen LogP contribution >= 0.6 is 11.3 Å². The Hall–Kier alpha value is -1.46. The quantitative estimate of drug-likeness (QED) is 0.931. The average molecular weight is 332 g/mol. The first-order chi connectivity index (χ1) is 11.0. The normalized spacial score (nSPS) is 22.9. The van der Waals surface area contributed by atoms with Crippen molar-refractivity contribution in [1.29, 1.82) is 0 Å². The smallest absolute Gasteiger partial charge is 0.278 e. The van der Waals surface area contributed by atoms with Crippen LogP contribution in [0.25, 0.3) is 10.2 Å². The van der Waals surface area contributed by atoms with Gasteiger partial charge in [-0.25, -0.2) is 4.98 Å². The zero-order valence-electron chi connectivity index (χ0n) is 14.2. The minimum absolute atomic E-state index is 0.0292. The number of hydrogen-bond donors (Lipinski definition) is 1. The first kappa shape index (κ1) is 16.4. The molecule has 0 aliphatic carbocycles. The van der Waals surface area contributed by atoms with Gasteiger partial charge in [0.1, 0.15) is 5.01 Å². The van der Waals surface area contributed by atoms with E-state index >= 15 is 0 Å². The molecular formula is C18H26N3OS+. The molecule has 1 saturated heterocycles. The van der Waals surface area contributed by atoms with Gasteiger partial charge in [-0.3, -0.25) is 4.79 Å². The van der Waals surface area contributed by atoms with Crippen LogP contribution < -0.4 is 4.90 Å². The van der Waals surface area contributed by atoms with Crippen molar-refractivity contribution in [2.45, 2.75) is 32.7 Å². The summed E-state index contributed by atoms with van der Waals surface area (Å²) in [5, 5.41) is 1.02. The minimum Gasteiger partial charge on any atom is -0.332 e. The maximum atomic E-state index is 12.6. The lowest BCUT2D eigenvalue weighted by molar-refractivity contribution is -0.900. The molecule has 3 rings (SSSR count). The number of carbonyl (C=O) groups is 1. The van der Waals surface area contributed by atoms with Gasteiger partial charge in [0.05, 0.1) is 29.3 Å². The molecule has 0 radical (unpaired) electrons. The van der Waals surface area contributed by atoms with Crippen LogP contribution in [0.15, 0.2) is 24.3 Å². The lowest BCUT2D eigenvalue weighted by atomic mass is 10.0. The summed E-state index contributed by atoms with van der Waals surface area (Å²) in [6.07, 6.45) is 2.54. The molecular weight excluding hydrogens is 306 g/mol. The highest BCUT2D eigenvalue weighted by Gasteiger charge is 2.26. The number of piperidine rings is 1. The number of amides is 1. The maximum absolute atomic E-state index is 12.6. The van der Waals surface area contributed by atoms with Crippen molar-refractivity contribution in [3.05, 3.63) is 29.3 Å². The zero-order valence-corrected chi connectivity index (χ0v) is 15.0. The monoisotopic (exact) mass is 332 g/mol. The fourth-order valence-electron chi connectivity index (χ4n) is 3.35. The highest BCUT2D eigenvalue weighted by atomic mass is 32.1. The molecule has 1 unspecified atom stereocenters. The van der Waals surface area contributed by atoms with E-state index < -0.39 is 0 Å². The number of para-hydroxylation sites is 1.